The number of rotatable bonds is 5. The van der Waals surface area contributed by atoms with Crippen molar-refractivity contribution in [2.45, 2.75) is 26.9 Å². The summed E-state index contributed by atoms with van der Waals surface area (Å²) in [5.74, 6) is 0. The number of hydrogen-bond acceptors (Lipinski definition) is 2. The van der Waals surface area contributed by atoms with Crippen molar-refractivity contribution >= 4 is 0 Å². The van der Waals surface area contributed by atoms with Crippen molar-refractivity contribution in [3.8, 4) is 11.1 Å². The lowest BCUT2D eigenvalue weighted by molar-refractivity contribution is 0.185. The molecule has 2 rings (SSSR count). The van der Waals surface area contributed by atoms with Crippen LogP contribution in [0, 0.1) is 13.8 Å². The normalized spacial score (nSPS) is 10.8. The molecular weight excluding hydrogens is 248 g/mol. The van der Waals surface area contributed by atoms with Crippen LogP contribution >= 0.6 is 0 Å². The molecule has 0 bridgehead atoms. The number of methoxy groups -OCH3 is 1. The highest BCUT2D eigenvalue weighted by atomic mass is 16.5. The fourth-order valence-corrected chi connectivity index (χ4v) is 2.57. The Morgan fingerprint density at radius 3 is 2.40 bits per heavy atom. The largest absolute Gasteiger partial charge is 0.396 e. The minimum Gasteiger partial charge on any atom is -0.396 e. The van der Waals surface area contributed by atoms with Gasteiger partial charge in [-0.25, -0.2) is 0 Å². The number of aliphatic hydroxyl groups is 1. The van der Waals surface area contributed by atoms with Crippen LogP contribution in [0.4, 0.5) is 0 Å². The molecule has 0 aliphatic carbocycles. The highest BCUT2D eigenvalue weighted by Gasteiger charge is 2.08. The molecule has 106 valence electrons. The zero-order valence-corrected chi connectivity index (χ0v) is 12.4. The Hall–Kier alpha value is -1.64. The van der Waals surface area contributed by atoms with E-state index in [2.05, 4.69) is 50.2 Å². The Balaban J connectivity index is 2.45. The molecule has 0 amide bonds. The van der Waals surface area contributed by atoms with E-state index in [9.17, 15) is 0 Å². The van der Waals surface area contributed by atoms with Crippen LogP contribution in [0.5, 0.6) is 0 Å². The monoisotopic (exact) mass is 270 g/mol. The van der Waals surface area contributed by atoms with E-state index in [0.29, 0.717) is 13.0 Å². The van der Waals surface area contributed by atoms with Crippen LogP contribution in [-0.4, -0.2) is 18.8 Å². The van der Waals surface area contributed by atoms with E-state index in [0.717, 1.165) is 0 Å². The molecule has 20 heavy (non-hydrogen) atoms. The molecule has 2 aromatic rings. The SMILES string of the molecule is COCc1cc(C)ccc1-c1ccc(CCO)cc1C. The maximum absolute atomic E-state index is 9.03. The molecule has 2 nitrogen and oxygen atoms in total. The highest BCUT2D eigenvalue weighted by molar-refractivity contribution is 5.71. The molecule has 0 aromatic heterocycles. The van der Waals surface area contributed by atoms with Crippen molar-refractivity contribution in [3.05, 3.63) is 58.7 Å². The number of aryl methyl sites for hydroxylation is 2. The van der Waals surface area contributed by atoms with E-state index in [1.165, 1.54) is 33.4 Å². The van der Waals surface area contributed by atoms with Crippen LogP contribution in [0.25, 0.3) is 11.1 Å². The van der Waals surface area contributed by atoms with Gasteiger partial charge in [-0.15, -0.1) is 0 Å². The van der Waals surface area contributed by atoms with Gasteiger partial charge in [-0.1, -0.05) is 42.0 Å². The Bertz CT molecular complexity index is 588. The molecule has 0 aliphatic heterocycles. The third kappa shape index (κ3) is 3.27. The Labute approximate surface area is 121 Å². The molecule has 0 unspecified atom stereocenters. The van der Waals surface area contributed by atoms with Gasteiger partial charge < -0.3 is 9.84 Å². The van der Waals surface area contributed by atoms with Gasteiger partial charge in [0.1, 0.15) is 0 Å². The number of hydrogen-bond donors (Lipinski definition) is 1. The van der Waals surface area contributed by atoms with Gasteiger partial charge >= 0.3 is 0 Å². The summed E-state index contributed by atoms with van der Waals surface area (Å²) in [5, 5.41) is 9.03. The van der Waals surface area contributed by atoms with Crippen LogP contribution in [0.1, 0.15) is 22.3 Å². The molecule has 0 atom stereocenters. The Morgan fingerprint density at radius 2 is 1.75 bits per heavy atom. The lowest BCUT2D eigenvalue weighted by Gasteiger charge is -2.14. The Morgan fingerprint density at radius 1 is 1.00 bits per heavy atom. The zero-order valence-electron chi connectivity index (χ0n) is 12.4. The minimum absolute atomic E-state index is 0.193. The first-order valence-electron chi connectivity index (χ1n) is 6.95. The van der Waals surface area contributed by atoms with Crippen molar-refractivity contribution in [3.63, 3.8) is 0 Å². The summed E-state index contributed by atoms with van der Waals surface area (Å²) >= 11 is 0. The van der Waals surface area contributed by atoms with Gasteiger partial charge in [0, 0.05) is 13.7 Å². The van der Waals surface area contributed by atoms with E-state index >= 15 is 0 Å². The van der Waals surface area contributed by atoms with Crippen molar-refractivity contribution in [1.29, 1.82) is 0 Å². The van der Waals surface area contributed by atoms with E-state index in [1.807, 2.05) is 0 Å². The first-order valence-corrected chi connectivity index (χ1v) is 6.95. The lowest BCUT2D eigenvalue weighted by atomic mass is 9.93. The standard InChI is InChI=1S/C18H22O2/c1-13-4-6-18(16(10-13)12-20-3)17-7-5-15(8-9-19)11-14(17)2/h4-7,10-11,19H,8-9,12H2,1-3H3. The van der Waals surface area contributed by atoms with Gasteiger partial charge in [0.05, 0.1) is 6.61 Å². The molecule has 0 spiro atoms. The van der Waals surface area contributed by atoms with Gasteiger partial charge in [0.25, 0.3) is 0 Å². The number of benzene rings is 2. The first-order chi connectivity index (χ1) is 9.65. The molecule has 0 radical (unpaired) electrons. The molecule has 0 aliphatic rings. The summed E-state index contributed by atoms with van der Waals surface area (Å²) < 4.78 is 5.31. The fourth-order valence-electron chi connectivity index (χ4n) is 2.57. The summed E-state index contributed by atoms with van der Waals surface area (Å²) in [6.45, 7) is 5.03. The van der Waals surface area contributed by atoms with E-state index in [4.69, 9.17) is 9.84 Å². The molecule has 0 saturated carbocycles. The quantitative estimate of drug-likeness (QED) is 0.898. The second kappa shape index (κ2) is 6.69. The summed E-state index contributed by atoms with van der Waals surface area (Å²) in [6.07, 6.45) is 0.708. The first kappa shape index (κ1) is 14.8. The maximum atomic E-state index is 9.03. The van der Waals surface area contributed by atoms with E-state index in [-0.39, 0.29) is 6.61 Å². The molecule has 0 saturated heterocycles. The summed E-state index contributed by atoms with van der Waals surface area (Å²) in [5.41, 5.74) is 7.33. The summed E-state index contributed by atoms with van der Waals surface area (Å²) in [6, 6.07) is 12.9. The van der Waals surface area contributed by atoms with Crippen LogP contribution in [-0.2, 0) is 17.8 Å². The second-order valence-corrected chi connectivity index (χ2v) is 5.22. The lowest BCUT2D eigenvalue weighted by Crippen LogP contribution is -1.96. The third-order valence-electron chi connectivity index (χ3n) is 3.54. The van der Waals surface area contributed by atoms with Crippen LogP contribution in [0.15, 0.2) is 36.4 Å². The summed E-state index contributed by atoms with van der Waals surface area (Å²) in [4.78, 5) is 0. The van der Waals surface area contributed by atoms with Crippen LogP contribution in [0.3, 0.4) is 0 Å². The molecule has 2 aromatic carbocycles. The fraction of sp³-hybridized carbons (Fsp3) is 0.333. The van der Waals surface area contributed by atoms with Crippen LogP contribution < -0.4 is 0 Å². The van der Waals surface area contributed by atoms with Crippen LogP contribution in [0.2, 0.25) is 0 Å². The van der Waals surface area contributed by atoms with Crippen molar-refractivity contribution in [2.24, 2.45) is 0 Å². The van der Waals surface area contributed by atoms with Crippen molar-refractivity contribution in [1.82, 2.24) is 0 Å². The zero-order chi connectivity index (χ0) is 14.5. The molecule has 2 heteroatoms. The smallest absolute Gasteiger partial charge is 0.0719 e. The number of ether oxygens (including phenoxy) is 1. The van der Waals surface area contributed by atoms with Gasteiger partial charge in [-0.05, 0) is 48.1 Å². The summed E-state index contributed by atoms with van der Waals surface area (Å²) in [7, 11) is 1.73. The van der Waals surface area contributed by atoms with E-state index < -0.39 is 0 Å². The maximum Gasteiger partial charge on any atom is 0.0719 e. The average Bonchev–Trinajstić information content (AvgIpc) is 2.41. The predicted molar refractivity (Wildman–Crippen MR) is 82.9 cm³/mol. The molecule has 1 N–H and O–H groups in total. The Kier molecular flexibility index (Phi) is 4.94. The number of aliphatic hydroxyl groups excluding tert-OH is 1. The van der Waals surface area contributed by atoms with Crippen molar-refractivity contribution in [2.75, 3.05) is 13.7 Å². The predicted octanol–water partition coefficient (Wildman–Crippen LogP) is 3.65. The molecule has 0 heterocycles. The highest BCUT2D eigenvalue weighted by Crippen LogP contribution is 2.29. The van der Waals surface area contributed by atoms with Gasteiger partial charge in [0.15, 0.2) is 0 Å². The average molecular weight is 270 g/mol. The topological polar surface area (TPSA) is 29.5 Å². The molecule has 0 fully saturated rings. The van der Waals surface area contributed by atoms with Gasteiger partial charge in [-0.2, -0.15) is 0 Å². The van der Waals surface area contributed by atoms with Gasteiger partial charge in [0.2, 0.25) is 0 Å². The third-order valence-corrected chi connectivity index (χ3v) is 3.54. The second-order valence-electron chi connectivity index (χ2n) is 5.22. The van der Waals surface area contributed by atoms with Gasteiger partial charge in [-0.3, -0.25) is 0 Å². The van der Waals surface area contributed by atoms with E-state index in [1.54, 1.807) is 7.11 Å². The minimum atomic E-state index is 0.193. The molecular formula is C18H22O2. The van der Waals surface area contributed by atoms with Crippen molar-refractivity contribution < 1.29 is 9.84 Å².